The van der Waals surface area contributed by atoms with Crippen molar-refractivity contribution in [3.63, 3.8) is 0 Å². The Hall–Kier alpha value is -2.28. The van der Waals surface area contributed by atoms with E-state index in [1.54, 1.807) is 0 Å². The van der Waals surface area contributed by atoms with Gasteiger partial charge in [-0.1, -0.05) is 12.1 Å². The van der Waals surface area contributed by atoms with Gasteiger partial charge in [0.25, 0.3) is 0 Å². The number of rotatable bonds is 5. The zero-order valence-corrected chi connectivity index (χ0v) is 11.5. The highest BCUT2D eigenvalue weighted by Crippen LogP contribution is 2.21. The molecule has 0 radical (unpaired) electrons. The number of carbonyl (C=O) groups excluding carboxylic acids is 1. The molecule has 0 aliphatic rings. The van der Waals surface area contributed by atoms with Crippen LogP contribution in [0.3, 0.4) is 0 Å². The molecule has 1 aromatic rings. The first kappa shape index (κ1) is 14.8. The number of nitrogens with zero attached hydrogens (tertiary/aromatic N) is 2. The highest BCUT2D eigenvalue weighted by atomic mass is 16.5. The molecule has 0 amide bonds. The van der Waals surface area contributed by atoms with Crippen molar-refractivity contribution >= 4 is 17.2 Å². The third kappa shape index (κ3) is 3.85. The minimum absolute atomic E-state index is 0.306. The average molecular weight is 258 g/mol. The van der Waals surface area contributed by atoms with Gasteiger partial charge < -0.3 is 9.64 Å². The molecule has 0 saturated heterocycles. The number of hydrogen-bond donors (Lipinski definition) is 0. The first-order chi connectivity index (χ1) is 9.15. The van der Waals surface area contributed by atoms with Crippen LogP contribution in [0.1, 0.15) is 19.4 Å². The Morgan fingerprint density at radius 3 is 2.63 bits per heavy atom. The Morgan fingerprint density at radius 2 is 2.11 bits per heavy atom. The summed E-state index contributed by atoms with van der Waals surface area (Å²) >= 11 is 0. The molecule has 1 aromatic carbocycles. The molecule has 0 unspecified atom stereocenters. The highest BCUT2D eigenvalue weighted by molar-refractivity contribution is 5.95. The van der Waals surface area contributed by atoms with E-state index in [4.69, 9.17) is 5.26 Å². The van der Waals surface area contributed by atoms with Gasteiger partial charge in [-0.2, -0.15) is 5.26 Å². The molecule has 100 valence electrons. The Balaban J connectivity index is 3.14. The second kappa shape index (κ2) is 7.22. The zero-order chi connectivity index (χ0) is 14.3. The van der Waals surface area contributed by atoms with Gasteiger partial charge in [0.15, 0.2) is 0 Å². The fourth-order valence-electron chi connectivity index (χ4n) is 1.82. The van der Waals surface area contributed by atoms with Crippen molar-refractivity contribution in [1.82, 2.24) is 0 Å². The number of allylic oxidation sites excluding steroid dienone is 1. The van der Waals surface area contributed by atoms with E-state index in [0.717, 1.165) is 24.3 Å². The molecule has 0 atom stereocenters. The number of methoxy groups -OCH3 is 1. The maximum atomic E-state index is 11.2. The maximum absolute atomic E-state index is 11.2. The van der Waals surface area contributed by atoms with E-state index in [-0.39, 0.29) is 0 Å². The van der Waals surface area contributed by atoms with Crippen LogP contribution in [0, 0.1) is 11.3 Å². The molecule has 0 saturated carbocycles. The average Bonchev–Trinajstić information content (AvgIpc) is 2.46. The minimum Gasteiger partial charge on any atom is -0.466 e. The van der Waals surface area contributed by atoms with E-state index in [0.29, 0.717) is 5.57 Å². The highest BCUT2D eigenvalue weighted by Gasteiger charge is 2.07. The number of ether oxygens (including phenoxy) is 1. The van der Waals surface area contributed by atoms with Gasteiger partial charge in [0.2, 0.25) is 0 Å². The zero-order valence-electron chi connectivity index (χ0n) is 11.5. The van der Waals surface area contributed by atoms with Crippen LogP contribution in [0.5, 0.6) is 0 Å². The predicted molar refractivity (Wildman–Crippen MR) is 75.6 cm³/mol. The van der Waals surface area contributed by atoms with Gasteiger partial charge in [-0.15, -0.1) is 0 Å². The summed E-state index contributed by atoms with van der Waals surface area (Å²) in [6.45, 7) is 5.93. The second-order valence-electron chi connectivity index (χ2n) is 3.92. The number of carbonyl (C=O) groups is 1. The molecule has 4 heteroatoms. The van der Waals surface area contributed by atoms with Crippen LogP contribution in [0.4, 0.5) is 5.69 Å². The standard InChI is InChI=1S/C15H18N2O2/c1-4-17(5-2)14-8-6-7-12(9-14)13(11-16)10-15(18)19-3/h6-10H,4-5H2,1-3H3. The van der Waals surface area contributed by atoms with Gasteiger partial charge in [0.1, 0.15) is 6.07 Å². The van der Waals surface area contributed by atoms with E-state index < -0.39 is 5.97 Å². The van der Waals surface area contributed by atoms with Crippen molar-refractivity contribution in [2.45, 2.75) is 13.8 Å². The van der Waals surface area contributed by atoms with E-state index in [9.17, 15) is 4.79 Å². The molecule has 0 fully saturated rings. The summed E-state index contributed by atoms with van der Waals surface area (Å²) in [5, 5.41) is 9.13. The van der Waals surface area contributed by atoms with Crippen LogP contribution >= 0.6 is 0 Å². The third-order valence-corrected chi connectivity index (χ3v) is 2.87. The lowest BCUT2D eigenvalue weighted by atomic mass is 10.1. The molecule has 0 aromatic heterocycles. The summed E-state index contributed by atoms with van der Waals surface area (Å²) < 4.78 is 4.55. The van der Waals surface area contributed by atoms with Crippen molar-refractivity contribution in [3.05, 3.63) is 35.9 Å². The summed E-state index contributed by atoms with van der Waals surface area (Å²) in [6, 6.07) is 9.62. The van der Waals surface area contributed by atoms with E-state index in [2.05, 4.69) is 23.5 Å². The van der Waals surface area contributed by atoms with Crippen LogP contribution in [0.15, 0.2) is 30.3 Å². The van der Waals surface area contributed by atoms with Crippen LogP contribution < -0.4 is 4.90 Å². The molecule has 0 aliphatic heterocycles. The minimum atomic E-state index is -0.523. The summed E-state index contributed by atoms with van der Waals surface area (Å²) in [5.74, 6) is -0.523. The van der Waals surface area contributed by atoms with Crippen LogP contribution in [0.25, 0.3) is 5.57 Å². The first-order valence-electron chi connectivity index (χ1n) is 6.21. The van der Waals surface area contributed by atoms with Crippen molar-refractivity contribution in [2.24, 2.45) is 0 Å². The molecule has 1 rings (SSSR count). The maximum Gasteiger partial charge on any atom is 0.331 e. The van der Waals surface area contributed by atoms with Crippen LogP contribution in [0.2, 0.25) is 0 Å². The summed E-state index contributed by atoms with van der Waals surface area (Å²) in [4.78, 5) is 13.4. The van der Waals surface area contributed by atoms with E-state index >= 15 is 0 Å². The smallest absolute Gasteiger partial charge is 0.331 e. The monoisotopic (exact) mass is 258 g/mol. The lowest BCUT2D eigenvalue weighted by molar-refractivity contribution is -0.134. The number of hydrogen-bond acceptors (Lipinski definition) is 4. The largest absolute Gasteiger partial charge is 0.466 e. The quantitative estimate of drug-likeness (QED) is 0.463. The predicted octanol–water partition coefficient (Wildman–Crippen LogP) is 2.61. The summed E-state index contributed by atoms with van der Waals surface area (Å²) in [7, 11) is 1.29. The molecule has 4 nitrogen and oxygen atoms in total. The number of anilines is 1. The molecule has 0 heterocycles. The summed E-state index contributed by atoms with van der Waals surface area (Å²) in [6.07, 6.45) is 1.21. The molecule has 0 aliphatic carbocycles. The molecule has 19 heavy (non-hydrogen) atoms. The molecular weight excluding hydrogens is 240 g/mol. The van der Waals surface area contributed by atoms with Crippen LogP contribution in [-0.4, -0.2) is 26.2 Å². The number of benzene rings is 1. The Labute approximate surface area is 113 Å². The molecule has 0 bridgehead atoms. The number of esters is 1. The molecular formula is C15H18N2O2. The fourth-order valence-corrected chi connectivity index (χ4v) is 1.82. The lowest BCUT2D eigenvalue weighted by Gasteiger charge is -2.21. The van der Waals surface area contributed by atoms with Gasteiger partial charge in [-0.3, -0.25) is 0 Å². The van der Waals surface area contributed by atoms with Crippen molar-refractivity contribution in [1.29, 1.82) is 5.26 Å². The second-order valence-corrected chi connectivity index (χ2v) is 3.92. The Bertz CT molecular complexity index is 511. The number of nitriles is 1. The fraction of sp³-hybridized carbons (Fsp3) is 0.333. The van der Waals surface area contributed by atoms with Gasteiger partial charge in [0, 0.05) is 24.9 Å². The summed E-state index contributed by atoms with van der Waals surface area (Å²) in [5.41, 5.74) is 2.06. The van der Waals surface area contributed by atoms with Gasteiger partial charge in [-0.05, 0) is 31.5 Å². The van der Waals surface area contributed by atoms with Crippen molar-refractivity contribution in [3.8, 4) is 6.07 Å². The lowest BCUT2D eigenvalue weighted by Crippen LogP contribution is -2.21. The third-order valence-electron chi connectivity index (χ3n) is 2.87. The normalized spacial score (nSPS) is 10.7. The van der Waals surface area contributed by atoms with E-state index in [1.807, 2.05) is 30.3 Å². The van der Waals surface area contributed by atoms with Crippen molar-refractivity contribution in [2.75, 3.05) is 25.1 Å². The Kier molecular flexibility index (Phi) is 5.62. The van der Waals surface area contributed by atoms with Crippen LogP contribution in [-0.2, 0) is 9.53 Å². The Morgan fingerprint density at radius 1 is 1.42 bits per heavy atom. The first-order valence-corrected chi connectivity index (χ1v) is 6.21. The van der Waals surface area contributed by atoms with Gasteiger partial charge in [-0.25, -0.2) is 4.79 Å². The van der Waals surface area contributed by atoms with Crippen molar-refractivity contribution < 1.29 is 9.53 Å². The van der Waals surface area contributed by atoms with E-state index in [1.165, 1.54) is 13.2 Å². The molecule has 0 N–H and O–H groups in total. The topological polar surface area (TPSA) is 53.3 Å². The van der Waals surface area contributed by atoms with Gasteiger partial charge in [0.05, 0.1) is 12.7 Å². The van der Waals surface area contributed by atoms with Gasteiger partial charge >= 0.3 is 5.97 Å². The SMILES string of the molecule is CCN(CC)c1cccc(C(C#N)=CC(=O)OC)c1. The molecule has 0 spiro atoms.